The molecule has 1 heterocycles. The zero-order chi connectivity index (χ0) is 21.9. The number of allylic oxidation sites excluding steroid dienone is 1. The van der Waals surface area contributed by atoms with Crippen LogP contribution in [0.15, 0.2) is 30.9 Å². The molecule has 6 rings (SSSR count). The quantitative estimate of drug-likeness (QED) is 0.480. The van der Waals surface area contributed by atoms with Gasteiger partial charge in [0, 0.05) is 24.9 Å². The highest BCUT2D eigenvalue weighted by Crippen LogP contribution is 2.65. The molecule has 0 saturated heterocycles. The van der Waals surface area contributed by atoms with E-state index in [0.717, 1.165) is 43.1 Å². The van der Waals surface area contributed by atoms with Crippen LogP contribution in [0, 0.1) is 58.7 Å². The maximum Gasteiger partial charge on any atom is 0.125 e. The third-order valence-electron chi connectivity index (χ3n) is 10.5. The highest BCUT2D eigenvalue weighted by molar-refractivity contribution is 5.21. The van der Waals surface area contributed by atoms with Crippen LogP contribution in [0.3, 0.4) is 0 Å². The number of hydrogen-bond acceptors (Lipinski definition) is 2. The number of aromatic nitrogens is 2. The smallest absolute Gasteiger partial charge is 0.125 e. The zero-order valence-electron chi connectivity index (χ0n) is 19.8. The molecule has 5 aliphatic carbocycles. The Bertz CT molecular complexity index is 921. The molecule has 3 heteroatoms. The molecular weight excluding hydrogens is 392 g/mol. The molecule has 172 valence electrons. The summed E-state index contributed by atoms with van der Waals surface area (Å²) in [6.07, 6.45) is 19.5. The number of nitrogens with zero attached hydrogens (tertiary/aromatic N) is 2. The van der Waals surface area contributed by atoms with Crippen LogP contribution < -0.4 is 0 Å². The summed E-state index contributed by atoms with van der Waals surface area (Å²) >= 11 is 0. The third kappa shape index (κ3) is 3.58. The maximum absolute atomic E-state index is 11.2. The lowest BCUT2D eigenvalue weighted by Crippen LogP contribution is -2.50. The van der Waals surface area contributed by atoms with E-state index in [-0.39, 0.29) is 0 Å². The molecule has 5 fully saturated rings. The Morgan fingerprint density at radius 2 is 1.91 bits per heavy atom. The Labute approximate surface area is 194 Å². The summed E-state index contributed by atoms with van der Waals surface area (Å²) in [4.78, 5) is 4.22. The van der Waals surface area contributed by atoms with Crippen molar-refractivity contribution >= 4 is 0 Å². The van der Waals surface area contributed by atoms with Crippen LogP contribution in [-0.4, -0.2) is 20.3 Å². The first-order valence-corrected chi connectivity index (χ1v) is 13.3. The predicted octanol–water partition coefficient (Wildman–Crippen LogP) is 5.85. The number of aliphatic hydroxyl groups is 1. The summed E-state index contributed by atoms with van der Waals surface area (Å²) in [6, 6.07) is 0. The molecule has 1 N–H and O–H groups in total. The number of hydrogen-bond donors (Lipinski definition) is 1. The third-order valence-corrected chi connectivity index (χ3v) is 10.5. The van der Waals surface area contributed by atoms with Gasteiger partial charge in [0.25, 0.3) is 0 Å². The second-order valence-electron chi connectivity index (χ2n) is 12.3. The number of rotatable bonds is 3. The van der Waals surface area contributed by atoms with Crippen molar-refractivity contribution < 1.29 is 5.11 Å². The van der Waals surface area contributed by atoms with Crippen molar-refractivity contribution in [3.05, 3.63) is 30.9 Å². The van der Waals surface area contributed by atoms with Crippen LogP contribution in [0.1, 0.15) is 77.6 Å². The highest BCUT2D eigenvalue weighted by atomic mass is 16.3. The maximum atomic E-state index is 11.2. The van der Waals surface area contributed by atoms with E-state index in [1.165, 1.54) is 63.4 Å². The van der Waals surface area contributed by atoms with Crippen LogP contribution in [0.4, 0.5) is 0 Å². The minimum absolute atomic E-state index is 0.427. The minimum Gasteiger partial charge on any atom is -0.378 e. The van der Waals surface area contributed by atoms with Gasteiger partial charge in [0.05, 0.1) is 6.33 Å². The van der Waals surface area contributed by atoms with Crippen molar-refractivity contribution in [1.29, 1.82) is 0 Å². The lowest BCUT2D eigenvalue weighted by molar-refractivity contribution is -0.0874. The van der Waals surface area contributed by atoms with Gasteiger partial charge in [0.1, 0.15) is 5.60 Å². The molecule has 32 heavy (non-hydrogen) atoms. The van der Waals surface area contributed by atoms with Crippen molar-refractivity contribution in [2.24, 2.45) is 46.8 Å². The van der Waals surface area contributed by atoms with Crippen molar-refractivity contribution in [3.8, 4) is 11.8 Å². The van der Waals surface area contributed by atoms with Gasteiger partial charge in [-0.3, -0.25) is 0 Å². The minimum atomic E-state index is -0.691. The molecule has 1 aromatic heterocycles. The van der Waals surface area contributed by atoms with Crippen LogP contribution in [0.2, 0.25) is 0 Å². The summed E-state index contributed by atoms with van der Waals surface area (Å²) in [7, 11) is 0. The van der Waals surface area contributed by atoms with Gasteiger partial charge in [-0.25, -0.2) is 4.98 Å². The van der Waals surface area contributed by atoms with Crippen LogP contribution in [-0.2, 0) is 6.54 Å². The van der Waals surface area contributed by atoms with Gasteiger partial charge in [0.15, 0.2) is 0 Å². The lowest BCUT2D eigenvalue weighted by atomic mass is 9.48. The molecule has 0 bridgehead atoms. The predicted molar refractivity (Wildman–Crippen MR) is 127 cm³/mol. The van der Waals surface area contributed by atoms with Crippen molar-refractivity contribution in [2.45, 2.75) is 89.7 Å². The van der Waals surface area contributed by atoms with E-state index in [2.05, 4.69) is 41.1 Å². The van der Waals surface area contributed by atoms with E-state index in [9.17, 15) is 5.11 Å². The number of fused-ring (bicyclic) bond motifs is 5. The number of imidazole rings is 1. The average Bonchev–Trinajstić information content (AvgIpc) is 3.34. The summed E-state index contributed by atoms with van der Waals surface area (Å²) in [5.41, 5.74) is 1.15. The molecule has 0 amide bonds. The molecule has 0 aromatic carbocycles. The van der Waals surface area contributed by atoms with Gasteiger partial charge in [-0.15, -0.1) is 0 Å². The molecule has 8 atom stereocenters. The van der Waals surface area contributed by atoms with E-state index < -0.39 is 5.60 Å². The largest absolute Gasteiger partial charge is 0.378 e. The Kier molecular flexibility index (Phi) is 5.10. The Hall–Kier alpha value is -1.53. The van der Waals surface area contributed by atoms with Gasteiger partial charge in [-0.2, -0.15) is 0 Å². The first-order chi connectivity index (χ1) is 15.5. The summed E-state index contributed by atoms with van der Waals surface area (Å²) < 4.78 is 2.19. The molecule has 3 nitrogen and oxygen atoms in total. The molecular formula is C29H40N2O. The fourth-order valence-electron chi connectivity index (χ4n) is 8.85. The van der Waals surface area contributed by atoms with E-state index >= 15 is 0 Å². The highest BCUT2D eigenvalue weighted by Gasteiger charge is 2.58. The molecule has 5 saturated carbocycles. The van der Waals surface area contributed by atoms with E-state index in [1.807, 2.05) is 12.5 Å². The lowest BCUT2D eigenvalue weighted by Gasteiger charge is -2.57. The van der Waals surface area contributed by atoms with Crippen molar-refractivity contribution in [1.82, 2.24) is 9.55 Å². The molecule has 0 aliphatic heterocycles. The topological polar surface area (TPSA) is 38.0 Å². The SMILES string of the molecule is C=C(Cn1ccnc1)[C@H]1CC[C@H]2[C@@H]3CC[C@@H]4C[C@](O)(C#CC5CC5)CC[C@@H]4[C@H]3CC[C@]12C. The Morgan fingerprint density at radius 3 is 2.69 bits per heavy atom. The Balaban J connectivity index is 1.15. The molecule has 0 unspecified atom stereocenters. The van der Waals surface area contributed by atoms with Crippen molar-refractivity contribution in [3.63, 3.8) is 0 Å². The Morgan fingerprint density at radius 1 is 1.06 bits per heavy atom. The fourth-order valence-corrected chi connectivity index (χ4v) is 8.85. The fraction of sp³-hybridized carbons (Fsp3) is 0.759. The molecule has 1 aromatic rings. The standard InChI is InChI=1S/C29H40N2O/c1-20(18-31-16-15-30-19-31)26-7-8-27-25-6-5-22-17-29(32,13-9-21-3-4-21)14-11-23(22)24(25)10-12-28(26,27)2/h15-16,19,21-27,32H,1,3-8,10-12,14,17-18H2,2H3/t22-,23+,24-,25-,26-,27+,28-,29+/m1/s1. The van der Waals surface area contributed by atoms with Crippen LogP contribution >= 0.6 is 0 Å². The van der Waals surface area contributed by atoms with Gasteiger partial charge < -0.3 is 9.67 Å². The van der Waals surface area contributed by atoms with E-state index in [1.54, 1.807) is 0 Å². The molecule has 0 spiro atoms. The van der Waals surface area contributed by atoms with Crippen molar-refractivity contribution in [2.75, 3.05) is 0 Å². The van der Waals surface area contributed by atoms with Gasteiger partial charge >= 0.3 is 0 Å². The summed E-state index contributed by atoms with van der Waals surface area (Å²) in [5.74, 6) is 12.1. The van der Waals surface area contributed by atoms with E-state index in [4.69, 9.17) is 0 Å². The second kappa shape index (κ2) is 7.76. The normalized spacial score (nSPS) is 45.2. The first kappa shape index (κ1) is 21.0. The average molecular weight is 433 g/mol. The molecule has 0 radical (unpaired) electrons. The summed E-state index contributed by atoms with van der Waals surface area (Å²) in [5, 5.41) is 11.2. The zero-order valence-corrected chi connectivity index (χ0v) is 19.8. The second-order valence-corrected chi connectivity index (χ2v) is 12.3. The van der Waals surface area contributed by atoms with E-state index in [0.29, 0.717) is 23.2 Å². The van der Waals surface area contributed by atoms with Gasteiger partial charge in [-0.05, 0) is 112 Å². The monoisotopic (exact) mass is 432 g/mol. The molecule has 5 aliphatic rings. The summed E-state index contributed by atoms with van der Waals surface area (Å²) in [6.45, 7) is 8.10. The van der Waals surface area contributed by atoms with Crippen LogP contribution in [0.25, 0.3) is 0 Å². The van der Waals surface area contributed by atoms with Gasteiger partial charge in [0.2, 0.25) is 0 Å². The first-order valence-electron chi connectivity index (χ1n) is 13.3. The van der Waals surface area contributed by atoms with Crippen LogP contribution in [0.5, 0.6) is 0 Å². The van der Waals surface area contributed by atoms with Gasteiger partial charge in [-0.1, -0.05) is 30.9 Å².